The van der Waals surface area contributed by atoms with Crippen LogP contribution in [0.1, 0.15) is 37.8 Å². The second-order valence-electron chi connectivity index (χ2n) is 4.66. The summed E-state index contributed by atoms with van der Waals surface area (Å²) in [5.74, 6) is 1.83. The number of benzene rings is 1. The zero-order valence-corrected chi connectivity index (χ0v) is 10.2. The SMILES string of the molecule is CNC(C)c1ccccc1OCC1CCC1. The molecule has 1 aliphatic rings. The maximum absolute atomic E-state index is 5.92. The summed E-state index contributed by atoms with van der Waals surface area (Å²) in [6.45, 7) is 3.04. The minimum absolute atomic E-state index is 0.345. The summed E-state index contributed by atoms with van der Waals surface area (Å²) in [4.78, 5) is 0. The van der Waals surface area contributed by atoms with E-state index in [-0.39, 0.29) is 0 Å². The van der Waals surface area contributed by atoms with Gasteiger partial charge < -0.3 is 10.1 Å². The van der Waals surface area contributed by atoms with Crippen molar-refractivity contribution >= 4 is 0 Å². The lowest BCUT2D eigenvalue weighted by atomic mass is 9.86. The van der Waals surface area contributed by atoms with E-state index in [1.807, 2.05) is 13.1 Å². The molecule has 0 radical (unpaired) electrons. The first kappa shape index (κ1) is 11.5. The van der Waals surface area contributed by atoms with Gasteiger partial charge in [0.15, 0.2) is 0 Å². The largest absolute Gasteiger partial charge is 0.493 e. The van der Waals surface area contributed by atoms with Gasteiger partial charge in [-0.2, -0.15) is 0 Å². The van der Waals surface area contributed by atoms with E-state index in [0.29, 0.717) is 6.04 Å². The highest BCUT2D eigenvalue weighted by Gasteiger charge is 2.18. The Kier molecular flexibility index (Phi) is 3.83. The van der Waals surface area contributed by atoms with Gasteiger partial charge in [-0.3, -0.25) is 0 Å². The minimum Gasteiger partial charge on any atom is -0.493 e. The van der Waals surface area contributed by atoms with Crippen LogP contribution < -0.4 is 10.1 Å². The van der Waals surface area contributed by atoms with Crippen molar-refractivity contribution in [2.24, 2.45) is 5.92 Å². The molecule has 0 heterocycles. The van der Waals surface area contributed by atoms with Crippen molar-refractivity contribution in [1.82, 2.24) is 5.32 Å². The Bertz CT molecular complexity index is 333. The van der Waals surface area contributed by atoms with Crippen LogP contribution in [0.15, 0.2) is 24.3 Å². The molecule has 1 aromatic carbocycles. The Labute approximate surface area is 98.0 Å². The smallest absolute Gasteiger partial charge is 0.124 e. The Balaban J connectivity index is 2.00. The van der Waals surface area contributed by atoms with Crippen LogP contribution in [0.5, 0.6) is 5.75 Å². The number of hydrogen-bond donors (Lipinski definition) is 1. The minimum atomic E-state index is 0.345. The third-order valence-corrected chi connectivity index (χ3v) is 3.52. The van der Waals surface area contributed by atoms with E-state index in [1.165, 1.54) is 24.8 Å². The standard InChI is InChI=1S/C14H21NO/c1-11(15-2)13-8-3-4-9-14(13)16-10-12-6-5-7-12/h3-4,8-9,11-12,15H,5-7,10H2,1-2H3. The van der Waals surface area contributed by atoms with E-state index in [2.05, 4.69) is 30.4 Å². The predicted molar refractivity (Wildman–Crippen MR) is 66.8 cm³/mol. The summed E-state index contributed by atoms with van der Waals surface area (Å²) >= 11 is 0. The molecule has 0 amide bonds. The number of ether oxygens (including phenoxy) is 1. The van der Waals surface area contributed by atoms with E-state index < -0.39 is 0 Å². The topological polar surface area (TPSA) is 21.3 Å². The van der Waals surface area contributed by atoms with Crippen molar-refractivity contribution < 1.29 is 4.74 Å². The molecular weight excluding hydrogens is 198 g/mol. The molecule has 1 aliphatic carbocycles. The van der Waals surface area contributed by atoms with Gasteiger partial charge in [-0.1, -0.05) is 24.6 Å². The third-order valence-electron chi connectivity index (χ3n) is 3.52. The zero-order valence-electron chi connectivity index (χ0n) is 10.2. The molecule has 0 saturated heterocycles. The van der Waals surface area contributed by atoms with Crippen LogP contribution in [0.3, 0.4) is 0 Å². The Morgan fingerprint density at radius 2 is 2.12 bits per heavy atom. The number of para-hydroxylation sites is 1. The van der Waals surface area contributed by atoms with E-state index in [1.54, 1.807) is 0 Å². The van der Waals surface area contributed by atoms with Gasteiger partial charge in [0.1, 0.15) is 5.75 Å². The van der Waals surface area contributed by atoms with Crippen LogP contribution in [-0.4, -0.2) is 13.7 Å². The van der Waals surface area contributed by atoms with Crippen molar-refractivity contribution in [1.29, 1.82) is 0 Å². The molecular formula is C14H21NO. The van der Waals surface area contributed by atoms with Crippen LogP contribution in [0, 0.1) is 5.92 Å². The van der Waals surface area contributed by atoms with Gasteiger partial charge in [-0.25, -0.2) is 0 Å². The second-order valence-corrected chi connectivity index (χ2v) is 4.66. The molecule has 88 valence electrons. The van der Waals surface area contributed by atoms with Crippen molar-refractivity contribution in [3.8, 4) is 5.75 Å². The van der Waals surface area contributed by atoms with E-state index in [9.17, 15) is 0 Å². The molecule has 1 fully saturated rings. The van der Waals surface area contributed by atoms with E-state index in [0.717, 1.165) is 18.3 Å². The number of nitrogens with one attached hydrogen (secondary N) is 1. The Morgan fingerprint density at radius 3 is 2.75 bits per heavy atom. The highest BCUT2D eigenvalue weighted by molar-refractivity contribution is 5.35. The predicted octanol–water partition coefficient (Wildman–Crippen LogP) is 3.15. The summed E-state index contributed by atoms with van der Waals surface area (Å²) in [6.07, 6.45) is 4.05. The molecule has 2 rings (SSSR count). The molecule has 1 N–H and O–H groups in total. The van der Waals surface area contributed by atoms with Crippen LogP contribution >= 0.6 is 0 Å². The third kappa shape index (κ3) is 2.56. The van der Waals surface area contributed by atoms with Crippen LogP contribution in [0.25, 0.3) is 0 Å². The van der Waals surface area contributed by atoms with Gasteiger partial charge in [-0.15, -0.1) is 0 Å². The monoisotopic (exact) mass is 219 g/mol. The normalized spacial score (nSPS) is 17.9. The van der Waals surface area contributed by atoms with Gasteiger partial charge in [-0.05, 0) is 38.8 Å². The lowest BCUT2D eigenvalue weighted by Crippen LogP contribution is -2.20. The van der Waals surface area contributed by atoms with Crippen molar-refractivity contribution in [2.45, 2.75) is 32.2 Å². The van der Waals surface area contributed by atoms with Gasteiger partial charge in [0, 0.05) is 11.6 Å². The molecule has 0 spiro atoms. The zero-order chi connectivity index (χ0) is 11.4. The summed E-state index contributed by atoms with van der Waals surface area (Å²) < 4.78 is 5.92. The second kappa shape index (κ2) is 5.35. The number of rotatable bonds is 5. The van der Waals surface area contributed by atoms with Crippen molar-refractivity contribution in [2.75, 3.05) is 13.7 Å². The lowest BCUT2D eigenvalue weighted by molar-refractivity contribution is 0.179. The maximum atomic E-state index is 5.92. The van der Waals surface area contributed by atoms with Crippen LogP contribution in [0.2, 0.25) is 0 Å². The Hall–Kier alpha value is -1.02. The first-order valence-corrected chi connectivity index (χ1v) is 6.20. The molecule has 2 nitrogen and oxygen atoms in total. The summed E-state index contributed by atoms with van der Waals surface area (Å²) in [5.41, 5.74) is 1.25. The molecule has 1 saturated carbocycles. The van der Waals surface area contributed by atoms with Gasteiger partial charge in [0.25, 0.3) is 0 Å². The first-order valence-electron chi connectivity index (χ1n) is 6.20. The fraction of sp³-hybridized carbons (Fsp3) is 0.571. The van der Waals surface area contributed by atoms with E-state index in [4.69, 9.17) is 4.74 Å². The molecule has 1 atom stereocenters. The molecule has 0 aliphatic heterocycles. The molecule has 16 heavy (non-hydrogen) atoms. The van der Waals surface area contributed by atoms with Crippen LogP contribution in [0.4, 0.5) is 0 Å². The average molecular weight is 219 g/mol. The maximum Gasteiger partial charge on any atom is 0.124 e. The summed E-state index contributed by atoms with van der Waals surface area (Å²) in [6, 6.07) is 8.66. The highest BCUT2D eigenvalue weighted by atomic mass is 16.5. The quantitative estimate of drug-likeness (QED) is 0.821. The van der Waals surface area contributed by atoms with Gasteiger partial charge >= 0.3 is 0 Å². The van der Waals surface area contributed by atoms with Crippen LogP contribution in [-0.2, 0) is 0 Å². The Morgan fingerprint density at radius 1 is 1.38 bits per heavy atom. The molecule has 0 aromatic heterocycles. The fourth-order valence-corrected chi connectivity index (χ4v) is 1.99. The van der Waals surface area contributed by atoms with Crippen molar-refractivity contribution in [3.05, 3.63) is 29.8 Å². The number of hydrogen-bond acceptors (Lipinski definition) is 2. The van der Waals surface area contributed by atoms with Gasteiger partial charge in [0.05, 0.1) is 6.61 Å². The highest BCUT2D eigenvalue weighted by Crippen LogP contribution is 2.29. The van der Waals surface area contributed by atoms with Gasteiger partial charge in [0.2, 0.25) is 0 Å². The molecule has 0 bridgehead atoms. The van der Waals surface area contributed by atoms with Crippen molar-refractivity contribution in [3.63, 3.8) is 0 Å². The lowest BCUT2D eigenvalue weighted by Gasteiger charge is -2.26. The average Bonchev–Trinajstić information content (AvgIpc) is 2.26. The molecule has 1 aromatic rings. The van der Waals surface area contributed by atoms with E-state index >= 15 is 0 Å². The first-order chi connectivity index (χ1) is 7.81. The molecule has 2 heteroatoms. The summed E-state index contributed by atoms with van der Waals surface area (Å²) in [5, 5.41) is 3.26. The summed E-state index contributed by atoms with van der Waals surface area (Å²) in [7, 11) is 1.98. The molecule has 1 unspecified atom stereocenters. The fourth-order valence-electron chi connectivity index (χ4n) is 1.99.